The number of carbonyl (C=O) groups is 2. The van der Waals surface area contributed by atoms with Gasteiger partial charge in [-0.3, -0.25) is 9.59 Å². The number of rotatable bonds is 6. The summed E-state index contributed by atoms with van der Waals surface area (Å²) in [6.07, 6.45) is 1.66. The van der Waals surface area contributed by atoms with Gasteiger partial charge in [-0.1, -0.05) is 17.8 Å². The molecule has 2 N–H and O–H groups in total. The molecule has 0 saturated carbocycles. The number of anilines is 1. The van der Waals surface area contributed by atoms with Crippen molar-refractivity contribution in [3.05, 3.63) is 46.7 Å². The second-order valence-electron chi connectivity index (χ2n) is 5.50. The molecule has 27 heavy (non-hydrogen) atoms. The zero-order valence-electron chi connectivity index (χ0n) is 14.6. The number of nitrogens with two attached hydrogens (primary N) is 1. The van der Waals surface area contributed by atoms with Crippen LogP contribution in [-0.4, -0.2) is 35.1 Å². The average Bonchev–Trinajstić information content (AvgIpc) is 3.25. The van der Waals surface area contributed by atoms with Crippen LogP contribution in [0.25, 0.3) is 0 Å². The van der Waals surface area contributed by atoms with Gasteiger partial charge in [-0.25, -0.2) is 4.90 Å². The van der Waals surface area contributed by atoms with E-state index in [9.17, 15) is 9.59 Å². The molecule has 0 bridgehead atoms. The number of benzene rings is 1. The third kappa shape index (κ3) is 4.75. The quantitative estimate of drug-likeness (QED) is 0.347. The Morgan fingerprint density at radius 3 is 2.81 bits per heavy atom. The molecule has 1 aliphatic rings. The molecule has 2 amide bonds. The molecule has 0 radical (unpaired) electrons. The Labute approximate surface area is 164 Å². The Morgan fingerprint density at radius 2 is 2.15 bits per heavy atom. The van der Waals surface area contributed by atoms with Crippen LogP contribution in [0.2, 0.25) is 0 Å². The van der Waals surface area contributed by atoms with Gasteiger partial charge in [0.05, 0.1) is 18.5 Å². The van der Waals surface area contributed by atoms with Gasteiger partial charge in [-0.2, -0.15) is 5.10 Å². The lowest BCUT2D eigenvalue weighted by atomic mass is 10.3. The number of carbonyl (C=O) groups excluding carboxylic acids is 2. The molecule has 140 valence electrons. The van der Waals surface area contributed by atoms with Gasteiger partial charge < -0.3 is 10.5 Å². The van der Waals surface area contributed by atoms with Crippen molar-refractivity contribution in [1.82, 2.24) is 0 Å². The van der Waals surface area contributed by atoms with Gasteiger partial charge in [-0.15, -0.1) is 16.4 Å². The van der Waals surface area contributed by atoms with E-state index < -0.39 is 5.25 Å². The highest BCUT2D eigenvalue weighted by molar-refractivity contribution is 8.14. The van der Waals surface area contributed by atoms with Gasteiger partial charge in [0.2, 0.25) is 11.8 Å². The molecule has 3 rings (SSSR count). The Hall–Kier alpha value is -2.65. The Kier molecular flexibility index (Phi) is 6.25. The first-order valence-electron chi connectivity index (χ1n) is 8.24. The maximum absolute atomic E-state index is 12.6. The van der Waals surface area contributed by atoms with Gasteiger partial charge in [0, 0.05) is 11.3 Å². The number of amides is 2. The summed E-state index contributed by atoms with van der Waals surface area (Å²) in [7, 11) is 0. The third-order valence-corrected chi connectivity index (χ3v) is 5.44. The van der Waals surface area contributed by atoms with Crippen LogP contribution in [0.3, 0.4) is 0 Å². The number of ether oxygens (including phenoxy) is 1. The fourth-order valence-electron chi connectivity index (χ4n) is 2.50. The highest BCUT2D eigenvalue weighted by Gasteiger charge is 2.40. The number of thiophene rings is 1. The van der Waals surface area contributed by atoms with E-state index in [1.165, 1.54) is 16.2 Å². The molecular weight excluding hydrogens is 384 g/mol. The van der Waals surface area contributed by atoms with E-state index in [0.717, 1.165) is 16.6 Å². The highest BCUT2D eigenvalue weighted by Crippen LogP contribution is 2.30. The number of hydrogen-bond acceptors (Lipinski definition) is 7. The summed E-state index contributed by atoms with van der Waals surface area (Å²) in [5.41, 5.74) is 6.36. The van der Waals surface area contributed by atoms with Crippen molar-refractivity contribution in [2.75, 3.05) is 11.5 Å². The van der Waals surface area contributed by atoms with Crippen LogP contribution < -0.4 is 15.4 Å². The smallest absolute Gasteiger partial charge is 0.247 e. The zero-order chi connectivity index (χ0) is 19.2. The van der Waals surface area contributed by atoms with E-state index in [0.29, 0.717) is 18.0 Å². The number of hydrogen-bond donors (Lipinski definition) is 1. The first-order valence-corrected chi connectivity index (χ1v) is 10.0. The molecule has 1 saturated heterocycles. The first-order chi connectivity index (χ1) is 13.1. The van der Waals surface area contributed by atoms with Gasteiger partial charge in [-0.05, 0) is 42.6 Å². The van der Waals surface area contributed by atoms with Crippen molar-refractivity contribution >= 4 is 52.0 Å². The van der Waals surface area contributed by atoms with Crippen molar-refractivity contribution in [1.29, 1.82) is 0 Å². The van der Waals surface area contributed by atoms with Gasteiger partial charge in [0.25, 0.3) is 0 Å². The van der Waals surface area contributed by atoms with Gasteiger partial charge >= 0.3 is 0 Å². The summed E-state index contributed by atoms with van der Waals surface area (Å²) in [4.78, 5) is 27.1. The van der Waals surface area contributed by atoms with Crippen LogP contribution in [0, 0.1) is 0 Å². The minimum absolute atomic E-state index is 0.0710. The monoisotopic (exact) mass is 402 g/mol. The topological polar surface area (TPSA) is 97.3 Å². The van der Waals surface area contributed by atoms with Crippen molar-refractivity contribution in [3.8, 4) is 5.75 Å². The van der Waals surface area contributed by atoms with Crippen LogP contribution >= 0.6 is 23.1 Å². The molecule has 1 aromatic heterocycles. The Balaban J connectivity index is 1.64. The van der Waals surface area contributed by atoms with Crippen molar-refractivity contribution in [2.45, 2.75) is 18.6 Å². The van der Waals surface area contributed by atoms with E-state index in [1.54, 1.807) is 30.5 Å². The summed E-state index contributed by atoms with van der Waals surface area (Å²) in [5.74, 6) is 0.109. The van der Waals surface area contributed by atoms with Crippen LogP contribution in [0.5, 0.6) is 5.75 Å². The van der Waals surface area contributed by atoms with Crippen molar-refractivity contribution in [2.24, 2.45) is 15.9 Å². The maximum Gasteiger partial charge on any atom is 0.247 e. The number of amidine groups is 1. The predicted octanol–water partition coefficient (Wildman–Crippen LogP) is 2.86. The first kappa shape index (κ1) is 19.1. The summed E-state index contributed by atoms with van der Waals surface area (Å²) in [5, 5.41) is 9.26. The van der Waals surface area contributed by atoms with E-state index in [1.807, 2.05) is 24.4 Å². The fourth-order valence-corrected chi connectivity index (χ4v) is 3.90. The van der Waals surface area contributed by atoms with Crippen LogP contribution in [0.15, 0.2) is 52.0 Å². The molecule has 7 nitrogen and oxygen atoms in total. The van der Waals surface area contributed by atoms with Gasteiger partial charge in [0.1, 0.15) is 11.0 Å². The van der Waals surface area contributed by atoms with E-state index in [2.05, 4.69) is 10.2 Å². The lowest BCUT2D eigenvalue weighted by Crippen LogP contribution is -2.31. The fraction of sp³-hybridized carbons (Fsp3) is 0.222. The van der Waals surface area contributed by atoms with Crippen LogP contribution in [0.1, 0.15) is 18.2 Å². The molecule has 0 spiro atoms. The Bertz CT molecular complexity index is 863. The third-order valence-electron chi connectivity index (χ3n) is 3.66. The molecule has 2 heterocycles. The summed E-state index contributed by atoms with van der Waals surface area (Å²) < 4.78 is 5.38. The predicted molar refractivity (Wildman–Crippen MR) is 110 cm³/mol. The normalized spacial score (nSPS) is 17.9. The Morgan fingerprint density at radius 1 is 1.37 bits per heavy atom. The highest BCUT2D eigenvalue weighted by atomic mass is 32.2. The molecular formula is C18H18N4O3S2. The van der Waals surface area contributed by atoms with Gasteiger partial charge in [0.15, 0.2) is 5.17 Å². The number of thioether (sulfide) groups is 1. The summed E-state index contributed by atoms with van der Waals surface area (Å²) >= 11 is 2.58. The van der Waals surface area contributed by atoms with E-state index >= 15 is 0 Å². The zero-order valence-corrected chi connectivity index (χ0v) is 16.2. The second kappa shape index (κ2) is 8.83. The second-order valence-corrected chi connectivity index (χ2v) is 7.71. The average molecular weight is 403 g/mol. The van der Waals surface area contributed by atoms with Crippen molar-refractivity contribution in [3.63, 3.8) is 0 Å². The minimum Gasteiger partial charge on any atom is -0.494 e. The van der Waals surface area contributed by atoms with E-state index in [4.69, 9.17) is 10.5 Å². The molecule has 1 aromatic carbocycles. The minimum atomic E-state index is -0.607. The lowest BCUT2D eigenvalue weighted by molar-refractivity contribution is -0.121. The molecule has 1 atom stereocenters. The molecule has 2 aromatic rings. The van der Waals surface area contributed by atoms with Crippen LogP contribution in [-0.2, 0) is 9.59 Å². The number of imide groups is 1. The molecule has 1 fully saturated rings. The number of nitrogens with zero attached hydrogens (tertiary/aromatic N) is 3. The molecule has 9 heteroatoms. The summed E-state index contributed by atoms with van der Waals surface area (Å²) in [6.45, 7) is 2.44. The van der Waals surface area contributed by atoms with Crippen LogP contribution in [0.4, 0.5) is 5.69 Å². The SMILES string of the molecule is CCOc1ccc(N2C(=O)C[C@H](SC(N)=N/N=C\c3cccs3)C2=O)cc1. The molecule has 1 aliphatic heterocycles. The van der Waals surface area contributed by atoms with E-state index in [-0.39, 0.29) is 23.4 Å². The van der Waals surface area contributed by atoms with Crippen molar-refractivity contribution < 1.29 is 14.3 Å². The summed E-state index contributed by atoms with van der Waals surface area (Å²) in [6, 6.07) is 10.7. The lowest BCUT2D eigenvalue weighted by Gasteiger charge is -2.15. The standard InChI is InChI=1S/C18H18N4O3S2/c1-2-25-13-7-5-12(6-8-13)22-16(23)10-15(17(22)24)27-18(19)21-20-11-14-4-3-9-26-14/h3-9,11,15H,2,10H2,1H3,(H2,19,21)/b20-11-/t15-/m0/s1. The molecule has 0 aliphatic carbocycles. The molecule has 0 unspecified atom stereocenters. The largest absolute Gasteiger partial charge is 0.494 e. The maximum atomic E-state index is 12.6.